The summed E-state index contributed by atoms with van der Waals surface area (Å²) in [5.74, 6) is -1.84. The molecule has 3 amide bonds. The predicted octanol–water partition coefficient (Wildman–Crippen LogP) is 3.56. The Labute approximate surface area is 217 Å². The summed E-state index contributed by atoms with van der Waals surface area (Å²) in [6, 6.07) is 11.0. The standard InChI is InChI=1S/C24H22F2N6O3S2/c1-31(18-6-7-21-19(13-18)28-14-36-21)23(33)20(11-15-9-16(25)12-17(26)10-15)29-24(34)30-37(35)32(2)22-5-3-4-8-27-22/h3-10,12-14,20H,11H2,1-2H3,(H2,29,30,34)/t20-,37?/m0/s1. The van der Waals surface area contributed by atoms with Crippen molar-refractivity contribution in [3.05, 3.63) is 83.5 Å². The lowest BCUT2D eigenvalue weighted by Crippen LogP contribution is -2.53. The Bertz CT molecular complexity index is 1430. The number of benzene rings is 2. The first-order chi connectivity index (χ1) is 17.7. The molecule has 1 unspecified atom stereocenters. The van der Waals surface area contributed by atoms with Crippen LogP contribution < -0.4 is 19.2 Å². The van der Waals surface area contributed by atoms with Gasteiger partial charge in [-0.15, -0.1) is 11.3 Å². The van der Waals surface area contributed by atoms with E-state index >= 15 is 0 Å². The number of rotatable bonds is 8. The molecule has 0 radical (unpaired) electrons. The minimum atomic E-state index is -2.03. The van der Waals surface area contributed by atoms with Crippen molar-refractivity contribution in [1.29, 1.82) is 0 Å². The monoisotopic (exact) mass is 544 g/mol. The van der Waals surface area contributed by atoms with Crippen LogP contribution in [0.4, 0.5) is 25.1 Å². The molecule has 0 spiro atoms. The summed E-state index contributed by atoms with van der Waals surface area (Å²) in [7, 11) is 2.99. The number of halogens is 2. The summed E-state index contributed by atoms with van der Waals surface area (Å²) in [6.07, 6.45) is 1.29. The van der Waals surface area contributed by atoms with Crippen LogP contribution in [0.5, 0.6) is 0 Å². The second-order valence-electron chi connectivity index (χ2n) is 7.95. The molecule has 0 bridgehead atoms. The molecule has 2 heterocycles. The van der Waals surface area contributed by atoms with E-state index in [0.717, 1.165) is 16.8 Å². The second-order valence-corrected chi connectivity index (χ2v) is 10.1. The van der Waals surface area contributed by atoms with Crippen LogP contribution in [0, 0.1) is 11.6 Å². The van der Waals surface area contributed by atoms with E-state index in [1.165, 1.54) is 40.8 Å². The quantitative estimate of drug-likeness (QED) is 0.353. The van der Waals surface area contributed by atoms with Gasteiger partial charge in [-0.3, -0.25) is 9.10 Å². The zero-order chi connectivity index (χ0) is 26.5. The molecule has 4 rings (SSSR count). The number of amides is 3. The summed E-state index contributed by atoms with van der Waals surface area (Å²) in [4.78, 5) is 35.8. The second kappa shape index (κ2) is 11.4. The van der Waals surface area contributed by atoms with E-state index in [-0.39, 0.29) is 12.0 Å². The summed E-state index contributed by atoms with van der Waals surface area (Å²) in [6.45, 7) is 0. The molecule has 2 N–H and O–H groups in total. The number of anilines is 2. The minimum absolute atomic E-state index is 0.159. The number of nitrogens with zero attached hydrogens (tertiary/aromatic N) is 4. The number of hydrogen-bond donors (Lipinski definition) is 2. The first-order valence-electron chi connectivity index (χ1n) is 10.9. The van der Waals surface area contributed by atoms with Crippen LogP contribution in [-0.4, -0.2) is 46.3 Å². The van der Waals surface area contributed by atoms with Gasteiger partial charge < -0.3 is 10.2 Å². The third kappa shape index (κ3) is 6.43. The van der Waals surface area contributed by atoms with Crippen LogP contribution in [-0.2, 0) is 22.4 Å². The van der Waals surface area contributed by atoms with Crippen LogP contribution in [0.25, 0.3) is 10.2 Å². The molecule has 2 aromatic carbocycles. The van der Waals surface area contributed by atoms with E-state index in [1.54, 1.807) is 35.8 Å². The smallest absolute Gasteiger partial charge is 0.325 e. The van der Waals surface area contributed by atoms with E-state index in [1.807, 2.05) is 6.07 Å². The SMILES string of the molecule is CN(C(=O)[C@H](Cc1cc(F)cc(F)c1)NC(=O)NS(=O)N(C)c1ccccn1)c1ccc2scnc2c1. The van der Waals surface area contributed by atoms with Gasteiger partial charge in [-0.05, 0) is 48.0 Å². The van der Waals surface area contributed by atoms with Crippen LogP contribution >= 0.6 is 11.3 Å². The lowest BCUT2D eigenvalue weighted by Gasteiger charge is -2.25. The average Bonchev–Trinajstić information content (AvgIpc) is 3.35. The number of carbonyl (C=O) groups is 2. The van der Waals surface area contributed by atoms with Crippen molar-refractivity contribution in [2.24, 2.45) is 0 Å². The molecule has 37 heavy (non-hydrogen) atoms. The Balaban J connectivity index is 1.54. The van der Waals surface area contributed by atoms with Gasteiger partial charge in [-0.2, -0.15) is 0 Å². The van der Waals surface area contributed by atoms with Gasteiger partial charge in [0.05, 0.1) is 15.7 Å². The van der Waals surface area contributed by atoms with Crippen molar-refractivity contribution in [3.63, 3.8) is 0 Å². The zero-order valence-electron chi connectivity index (χ0n) is 19.7. The molecule has 4 aromatic rings. The van der Waals surface area contributed by atoms with Crippen molar-refractivity contribution in [1.82, 2.24) is 20.0 Å². The average molecular weight is 545 g/mol. The molecule has 13 heteroatoms. The maximum atomic E-state index is 13.8. The van der Waals surface area contributed by atoms with Gasteiger partial charge in [-0.1, -0.05) is 6.07 Å². The van der Waals surface area contributed by atoms with Crippen LogP contribution in [0.3, 0.4) is 0 Å². The first-order valence-corrected chi connectivity index (χ1v) is 12.9. The number of pyridine rings is 1. The van der Waals surface area contributed by atoms with Crippen molar-refractivity contribution >= 4 is 56.2 Å². The van der Waals surface area contributed by atoms with Crippen LogP contribution in [0.2, 0.25) is 0 Å². The number of aromatic nitrogens is 2. The van der Waals surface area contributed by atoms with Gasteiger partial charge >= 0.3 is 6.03 Å². The van der Waals surface area contributed by atoms with Crippen molar-refractivity contribution in [2.75, 3.05) is 23.3 Å². The Morgan fingerprint density at radius 1 is 1.05 bits per heavy atom. The molecule has 0 saturated carbocycles. The van der Waals surface area contributed by atoms with E-state index in [2.05, 4.69) is 20.0 Å². The number of likely N-dealkylation sites (N-methyl/N-ethyl adjacent to an activating group) is 1. The van der Waals surface area contributed by atoms with Crippen molar-refractivity contribution in [3.8, 4) is 0 Å². The molecule has 0 saturated heterocycles. The molecule has 0 aliphatic rings. The van der Waals surface area contributed by atoms with Gasteiger partial charge in [0.1, 0.15) is 23.5 Å². The maximum Gasteiger partial charge on any atom is 0.328 e. The summed E-state index contributed by atoms with van der Waals surface area (Å²) >= 11 is -0.577. The molecular formula is C24H22F2N6O3S2. The number of thiazole rings is 1. The van der Waals surface area contributed by atoms with Crippen LogP contribution in [0.1, 0.15) is 5.56 Å². The molecule has 192 valence electrons. The summed E-state index contributed by atoms with van der Waals surface area (Å²) in [5, 5.41) is 2.48. The molecule has 2 aromatic heterocycles. The van der Waals surface area contributed by atoms with Crippen molar-refractivity contribution in [2.45, 2.75) is 12.5 Å². The van der Waals surface area contributed by atoms with E-state index in [9.17, 15) is 22.6 Å². The van der Waals surface area contributed by atoms with E-state index in [4.69, 9.17) is 0 Å². The molecule has 0 fully saturated rings. The molecule has 0 aliphatic heterocycles. The van der Waals surface area contributed by atoms with Crippen molar-refractivity contribution < 1.29 is 22.6 Å². The van der Waals surface area contributed by atoms with Gasteiger partial charge in [0.25, 0.3) is 0 Å². The lowest BCUT2D eigenvalue weighted by molar-refractivity contribution is -0.120. The fourth-order valence-electron chi connectivity index (χ4n) is 3.54. The number of hydrogen-bond acceptors (Lipinski definition) is 6. The highest BCUT2D eigenvalue weighted by molar-refractivity contribution is 7.85. The number of nitrogens with one attached hydrogen (secondary N) is 2. The molecular weight excluding hydrogens is 522 g/mol. The number of carbonyl (C=O) groups excluding carboxylic acids is 2. The highest BCUT2D eigenvalue weighted by Gasteiger charge is 2.27. The third-order valence-electron chi connectivity index (χ3n) is 5.40. The van der Waals surface area contributed by atoms with Gasteiger partial charge in [0, 0.05) is 38.5 Å². The van der Waals surface area contributed by atoms with Gasteiger partial charge in [0.2, 0.25) is 17.1 Å². The summed E-state index contributed by atoms with van der Waals surface area (Å²) < 4.78 is 44.7. The van der Waals surface area contributed by atoms with Crippen LogP contribution in [0.15, 0.2) is 66.3 Å². The highest BCUT2D eigenvalue weighted by atomic mass is 32.2. The first kappa shape index (κ1) is 26.1. The van der Waals surface area contributed by atoms with E-state index < -0.39 is 40.8 Å². The fourth-order valence-corrected chi connectivity index (χ4v) is 4.83. The third-order valence-corrected chi connectivity index (χ3v) is 7.25. The van der Waals surface area contributed by atoms with E-state index in [0.29, 0.717) is 23.1 Å². The summed E-state index contributed by atoms with van der Waals surface area (Å²) in [5.41, 5.74) is 3.06. The normalized spacial score (nSPS) is 12.5. The Morgan fingerprint density at radius 2 is 1.81 bits per heavy atom. The Hall–Kier alpha value is -3.97. The highest BCUT2D eigenvalue weighted by Crippen LogP contribution is 2.24. The Kier molecular flexibility index (Phi) is 8.04. The maximum absolute atomic E-state index is 13.8. The van der Waals surface area contributed by atoms with Gasteiger partial charge in [-0.25, -0.2) is 32.5 Å². The molecule has 9 nitrogen and oxygen atoms in total. The topological polar surface area (TPSA) is 108 Å². The number of urea groups is 1. The largest absolute Gasteiger partial charge is 0.328 e. The lowest BCUT2D eigenvalue weighted by atomic mass is 10.0. The predicted molar refractivity (Wildman–Crippen MR) is 139 cm³/mol. The van der Waals surface area contributed by atoms with Gasteiger partial charge in [0.15, 0.2) is 0 Å². The molecule has 2 atom stereocenters. The Morgan fingerprint density at radius 3 is 2.51 bits per heavy atom. The zero-order valence-corrected chi connectivity index (χ0v) is 21.4. The fraction of sp³-hybridized carbons (Fsp3) is 0.167. The number of fused-ring (bicyclic) bond motifs is 1. The minimum Gasteiger partial charge on any atom is -0.325 e. The molecule has 0 aliphatic carbocycles.